The lowest BCUT2D eigenvalue weighted by Gasteiger charge is -2.13. The maximum atomic E-state index is 12.9. The zero-order chi connectivity index (χ0) is 20.6. The number of ether oxygens (including phenoxy) is 1. The lowest BCUT2D eigenvalue weighted by atomic mass is 10.0. The summed E-state index contributed by atoms with van der Waals surface area (Å²) >= 11 is 5.92. The van der Waals surface area contributed by atoms with Crippen LogP contribution in [0.5, 0.6) is 5.75 Å². The number of halogens is 4. The van der Waals surface area contributed by atoms with Crippen molar-refractivity contribution in [2.24, 2.45) is 0 Å². The molecule has 0 spiro atoms. The van der Waals surface area contributed by atoms with Gasteiger partial charge in [0.25, 0.3) is 5.56 Å². The first-order valence-electron chi connectivity index (χ1n) is 8.46. The molecule has 1 aromatic heterocycles. The Balaban J connectivity index is 1.95. The molecule has 1 heterocycles. The molecule has 0 aliphatic carbocycles. The smallest absolute Gasteiger partial charge is 0.406 e. The summed E-state index contributed by atoms with van der Waals surface area (Å²) in [6.45, 7) is 0. The van der Waals surface area contributed by atoms with Gasteiger partial charge in [-0.3, -0.25) is 4.79 Å². The second kappa shape index (κ2) is 7.25. The number of hydrogen-bond donors (Lipinski definition) is 0. The molecule has 0 aliphatic rings. The van der Waals surface area contributed by atoms with Crippen molar-refractivity contribution in [3.63, 3.8) is 0 Å². The molecule has 0 saturated carbocycles. The topological polar surface area (TPSA) is 44.1 Å². The van der Waals surface area contributed by atoms with Crippen LogP contribution in [0.4, 0.5) is 13.2 Å². The monoisotopic (exact) mass is 416 g/mol. The van der Waals surface area contributed by atoms with Crippen LogP contribution in [-0.2, 0) is 0 Å². The van der Waals surface area contributed by atoms with Gasteiger partial charge in [-0.05, 0) is 42.5 Å². The van der Waals surface area contributed by atoms with E-state index in [1.54, 1.807) is 54.6 Å². The number of rotatable bonds is 3. The average Bonchev–Trinajstić information content (AvgIpc) is 2.68. The molecule has 8 heteroatoms. The summed E-state index contributed by atoms with van der Waals surface area (Å²) in [5, 5.41) is 5.84. The third-order valence-electron chi connectivity index (χ3n) is 4.22. The highest BCUT2D eigenvalue weighted by Crippen LogP contribution is 2.30. The Morgan fingerprint density at radius 1 is 0.897 bits per heavy atom. The number of nitrogens with zero attached hydrogens (tertiary/aromatic N) is 2. The van der Waals surface area contributed by atoms with Crippen LogP contribution in [0.15, 0.2) is 77.6 Å². The lowest BCUT2D eigenvalue weighted by molar-refractivity contribution is -0.274. The Morgan fingerprint density at radius 2 is 1.59 bits per heavy atom. The van der Waals surface area contributed by atoms with Crippen molar-refractivity contribution in [1.29, 1.82) is 0 Å². The van der Waals surface area contributed by atoms with E-state index in [2.05, 4.69) is 9.84 Å². The molecule has 0 fully saturated rings. The standard InChI is InChI=1S/C21H12ClF3N2O2/c22-14-8-10-15(11-9-14)27-20(28)18-7-2-1-6-17(18)19(26-27)13-4-3-5-16(12-13)29-21(23,24)25/h1-12H. The molecule has 0 saturated heterocycles. The van der Waals surface area contributed by atoms with Crippen molar-refractivity contribution in [3.8, 4) is 22.7 Å². The molecule has 4 rings (SSSR count). The van der Waals surface area contributed by atoms with Gasteiger partial charge in [-0.1, -0.05) is 41.9 Å². The Hall–Kier alpha value is -3.32. The molecular weight excluding hydrogens is 405 g/mol. The van der Waals surface area contributed by atoms with Crippen LogP contribution in [0.1, 0.15) is 0 Å². The zero-order valence-corrected chi connectivity index (χ0v) is 15.4. The van der Waals surface area contributed by atoms with Gasteiger partial charge in [0.05, 0.1) is 16.8 Å². The van der Waals surface area contributed by atoms with Crippen LogP contribution in [-0.4, -0.2) is 16.1 Å². The van der Waals surface area contributed by atoms with Crippen LogP contribution < -0.4 is 10.3 Å². The van der Waals surface area contributed by atoms with Gasteiger partial charge in [-0.25, -0.2) is 0 Å². The van der Waals surface area contributed by atoms with Gasteiger partial charge in [0, 0.05) is 16.0 Å². The predicted octanol–water partition coefficient (Wildman–Crippen LogP) is 5.60. The summed E-state index contributed by atoms with van der Waals surface area (Å²) in [5.74, 6) is -0.370. The highest BCUT2D eigenvalue weighted by molar-refractivity contribution is 6.30. The SMILES string of the molecule is O=c1c2ccccc2c(-c2cccc(OC(F)(F)F)c2)nn1-c1ccc(Cl)cc1. The minimum absolute atomic E-state index is 0.350. The van der Waals surface area contributed by atoms with Crippen molar-refractivity contribution in [2.45, 2.75) is 6.36 Å². The molecule has 4 aromatic rings. The van der Waals surface area contributed by atoms with E-state index in [0.717, 1.165) is 0 Å². The van der Waals surface area contributed by atoms with Crippen molar-refractivity contribution >= 4 is 22.4 Å². The van der Waals surface area contributed by atoms with E-state index in [4.69, 9.17) is 11.6 Å². The van der Waals surface area contributed by atoms with Gasteiger partial charge in [-0.15, -0.1) is 13.2 Å². The molecule has 0 radical (unpaired) electrons. The molecule has 3 aromatic carbocycles. The first kappa shape index (κ1) is 19.0. The molecule has 0 amide bonds. The summed E-state index contributed by atoms with van der Waals surface area (Å²) in [6.07, 6.45) is -4.81. The van der Waals surface area contributed by atoms with Crippen molar-refractivity contribution in [3.05, 3.63) is 88.2 Å². The largest absolute Gasteiger partial charge is 0.573 e. The van der Waals surface area contributed by atoms with Gasteiger partial charge in [0.2, 0.25) is 0 Å². The van der Waals surface area contributed by atoms with Crippen LogP contribution in [0.3, 0.4) is 0 Å². The highest BCUT2D eigenvalue weighted by Gasteiger charge is 2.31. The van der Waals surface area contributed by atoms with E-state index in [0.29, 0.717) is 32.7 Å². The van der Waals surface area contributed by atoms with E-state index in [-0.39, 0.29) is 11.3 Å². The molecular formula is C21H12ClF3N2O2. The van der Waals surface area contributed by atoms with Crippen molar-refractivity contribution < 1.29 is 17.9 Å². The minimum Gasteiger partial charge on any atom is -0.406 e. The van der Waals surface area contributed by atoms with Gasteiger partial charge in [-0.2, -0.15) is 9.78 Å². The van der Waals surface area contributed by atoms with Crippen molar-refractivity contribution in [1.82, 2.24) is 9.78 Å². The van der Waals surface area contributed by atoms with Gasteiger partial charge < -0.3 is 4.74 Å². The number of benzene rings is 3. The number of alkyl halides is 3. The van der Waals surface area contributed by atoms with E-state index in [1.807, 2.05) is 0 Å². The second-order valence-electron chi connectivity index (χ2n) is 6.16. The third kappa shape index (κ3) is 3.95. The van der Waals surface area contributed by atoms with E-state index in [9.17, 15) is 18.0 Å². The third-order valence-corrected chi connectivity index (χ3v) is 4.47. The van der Waals surface area contributed by atoms with Crippen LogP contribution in [0.2, 0.25) is 5.02 Å². The summed E-state index contributed by atoms with van der Waals surface area (Å²) in [5.41, 5.74) is 0.858. The van der Waals surface area contributed by atoms with Crippen molar-refractivity contribution in [2.75, 3.05) is 0 Å². The highest BCUT2D eigenvalue weighted by atomic mass is 35.5. The summed E-state index contributed by atoms with van der Waals surface area (Å²) in [4.78, 5) is 12.9. The Kier molecular flexibility index (Phi) is 4.76. The average molecular weight is 417 g/mol. The maximum Gasteiger partial charge on any atom is 0.573 e. The quantitative estimate of drug-likeness (QED) is 0.436. The molecule has 0 atom stereocenters. The predicted molar refractivity (Wildman–Crippen MR) is 104 cm³/mol. The zero-order valence-electron chi connectivity index (χ0n) is 14.7. The van der Waals surface area contributed by atoms with Gasteiger partial charge >= 0.3 is 6.36 Å². The molecule has 0 aliphatic heterocycles. The van der Waals surface area contributed by atoms with Crippen LogP contribution in [0.25, 0.3) is 27.7 Å². The Bertz CT molecular complexity index is 1250. The molecule has 4 nitrogen and oxygen atoms in total. The van der Waals surface area contributed by atoms with E-state index >= 15 is 0 Å². The summed E-state index contributed by atoms with van der Waals surface area (Å²) in [7, 11) is 0. The fourth-order valence-electron chi connectivity index (χ4n) is 3.00. The minimum atomic E-state index is -4.81. The van der Waals surface area contributed by atoms with Gasteiger partial charge in [0.15, 0.2) is 0 Å². The Labute approximate surface area is 167 Å². The Morgan fingerprint density at radius 3 is 2.28 bits per heavy atom. The molecule has 0 N–H and O–H groups in total. The maximum absolute atomic E-state index is 12.9. The fourth-order valence-corrected chi connectivity index (χ4v) is 3.13. The second-order valence-corrected chi connectivity index (χ2v) is 6.60. The molecule has 146 valence electrons. The van der Waals surface area contributed by atoms with E-state index in [1.165, 1.54) is 22.9 Å². The lowest BCUT2D eigenvalue weighted by Crippen LogP contribution is -2.22. The van der Waals surface area contributed by atoms with Crippen LogP contribution >= 0.6 is 11.6 Å². The molecule has 0 bridgehead atoms. The summed E-state index contributed by atoms with van der Waals surface area (Å²) in [6, 6.07) is 18.8. The fraction of sp³-hybridized carbons (Fsp3) is 0.0476. The normalized spacial score (nSPS) is 11.6. The molecule has 29 heavy (non-hydrogen) atoms. The number of aromatic nitrogens is 2. The molecule has 0 unspecified atom stereocenters. The first-order chi connectivity index (χ1) is 13.8. The van der Waals surface area contributed by atoms with E-state index < -0.39 is 6.36 Å². The summed E-state index contributed by atoms with van der Waals surface area (Å²) < 4.78 is 43.0. The van der Waals surface area contributed by atoms with Crippen LogP contribution in [0, 0.1) is 0 Å². The number of hydrogen-bond acceptors (Lipinski definition) is 3. The number of fused-ring (bicyclic) bond motifs is 1. The van der Waals surface area contributed by atoms with Gasteiger partial charge in [0.1, 0.15) is 5.75 Å². The first-order valence-corrected chi connectivity index (χ1v) is 8.84.